The van der Waals surface area contributed by atoms with E-state index in [0.29, 0.717) is 0 Å². The summed E-state index contributed by atoms with van der Waals surface area (Å²) in [6.45, 7) is 5.81. The number of methoxy groups -OCH3 is 1. The van der Waals surface area contributed by atoms with Crippen LogP contribution >= 0.6 is 0 Å². The smallest absolute Gasteiger partial charge is 0.133 e. The molecule has 0 aliphatic carbocycles. The van der Waals surface area contributed by atoms with Crippen LogP contribution in [-0.4, -0.2) is 51.5 Å². The van der Waals surface area contributed by atoms with Gasteiger partial charge in [-0.2, -0.15) is 0 Å². The van der Waals surface area contributed by atoms with E-state index in [4.69, 9.17) is 9.47 Å². The summed E-state index contributed by atoms with van der Waals surface area (Å²) in [5.74, 6) is 1.07. The minimum Gasteiger partial charge on any atom is -0.383 e. The molecule has 0 atom stereocenters. The maximum Gasteiger partial charge on any atom is 0.133 e. The fourth-order valence-corrected chi connectivity index (χ4v) is 2.03. The molecule has 1 saturated heterocycles. The molecule has 1 N–H and O–H groups in total. The van der Waals surface area contributed by atoms with Crippen molar-refractivity contribution in [1.82, 2.24) is 10.3 Å². The van der Waals surface area contributed by atoms with Crippen LogP contribution in [0.5, 0.6) is 0 Å². The van der Waals surface area contributed by atoms with Gasteiger partial charge in [-0.15, -0.1) is 0 Å². The second kappa shape index (κ2) is 7.31. The van der Waals surface area contributed by atoms with Crippen LogP contribution in [0.1, 0.15) is 5.56 Å². The molecule has 1 fully saturated rings. The van der Waals surface area contributed by atoms with E-state index in [1.165, 1.54) is 5.56 Å². The molecule has 0 saturated carbocycles. The molecule has 0 bridgehead atoms. The van der Waals surface area contributed by atoms with Crippen LogP contribution in [0.2, 0.25) is 0 Å². The third kappa shape index (κ3) is 3.66. The molecular weight excluding hydrogens is 230 g/mol. The lowest BCUT2D eigenvalue weighted by Crippen LogP contribution is -2.37. The summed E-state index contributed by atoms with van der Waals surface area (Å²) in [4.78, 5) is 6.79. The van der Waals surface area contributed by atoms with Gasteiger partial charge in [0.2, 0.25) is 0 Å². The monoisotopic (exact) mass is 251 g/mol. The Kier molecular flexibility index (Phi) is 5.38. The molecule has 0 amide bonds. The standard InChI is InChI=1S/C13H21N3O2/c1-17-8-5-14-11-12-3-2-4-15-13(12)16-6-9-18-10-7-16/h2-4,14H,5-11H2,1H3. The van der Waals surface area contributed by atoms with E-state index in [-0.39, 0.29) is 0 Å². The van der Waals surface area contributed by atoms with Gasteiger partial charge >= 0.3 is 0 Å². The Balaban J connectivity index is 1.96. The van der Waals surface area contributed by atoms with Crippen molar-refractivity contribution in [2.24, 2.45) is 0 Å². The first-order valence-electron chi connectivity index (χ1n) is 6.38. The SMILES string of the molecule is COCCNCc1cccnc1N1CCOCC1. The van der Waals surface area contributed by atoms with Crippen molar-refractivity contribution in [2.45, 2.75) is 6.54 Å². The number of hydrogen-bond donors (Lipinski definition) is 1. The third-order valence-electron chi connectivity index (χ3n) is 2.98. The van der Waals surface area contributed by atoms with Gasteiger partial charge in [-0.25, -0.2) is 4.98 Å². The molecule has 0 aromatic carbocycles. The van der Waals surface area contributed by atoms with E-state index in [9.17, 15) is 0 Å². The van der Waals surface area contributed by atoms with Crippen LogP contribution in [0.15, 0.2) is 18.3 Å². The summed E-state index contributed by atoms with van der Waals surface area (Å²) in [5.41, 5.74) is 1.23. The third-order valence-corrected chi connectivity index (χ3v) is 2.98. The fraction of sp³-hybridized carbons (Fsp3) is 0.615. The molecule has 1 aliphatic rings. The zero-order chi connectivity index (χ0) is 12.6. The highest BCUT2D eigenvalue weighted by molar-refractivity contribution is 5.46. The predicted octanol–water partition coefficient (Wildman–Crippen LogP) is 0.654. The second-order valence-electron chi connectivity index (χ2n) is 4.26. The van der Waals surface area contributed by atoms with Gasteiger partial charge in [-0.05, 0) is 6.07 Å². The summed E-state index contributed by atoms with van der Waals surface area (Å²) < 4.78 is 10.4. The number of nitrogens with one attached hydrogen (secondary N) is 1. The van der Waals surface area contributed by atoms with Crippen molar-refractivity contribution in [3.63, 3.8) is 0 Å². The molecule has 1 aromatic rings. The fourth-order valence-electron chi connectivity index (χ4n) is 2.03. The van der Waals surface area contributed by atoms with E-state index >= 15 is 0 Å². The van der Waals surface area contributed by atoms with Crippen LogP contribution in [-0.2, 0) is 16.0 Å². The van der Waals surface area contributed by atoms with Crippen molar-refractivity contribution in [1.29, 1.82) is 0 Å². The largest absolute Gasteiger partial charge is 0.383 e. The predicted molar refractivity (Wildman–Crippen MR) is 70.9 cm³/mol. The molecule has 1 aliphatic heterocycles. The molecule has 0 unspecified atom stereocenters. The van der Waals surface area contributed by atoms with Gasteiger partial charge in [0.15, 0.2) is 0 Å². The normalized spacial score (nSPS) is 15.9. The average molecular weight is 251 g/mol. The molecular formula is C13H21N3O2. The van der Waals surface area contributed by atoms with Crippen LogP contribution in [0, 0.1) is 0 Å². The van der Waals surface area contributed by atoms with Crippen molar-refractivity contribution in [2.75, 3.05) is 51.5 Å². The molecule has 100 valence electrons. The van der Waals surface area contributed by atoms with E-state index in [2.05, 4.69) is 21.3 Å². The molecule has 0 spiro atoms. The quantitative estimate of drug-likeness (QED) is 0.752. The van der Waals surface area contributed by atoms with Crippen molar-refractivity contribution >= 4 is 5.82 Å². The van der Waals surface area contributed by atoms with E-state index < -0.39 is 0 Å². The Morgan fingerprint density at radius 2 is 2.28 bits per heavy atom. The van der Waals surface area contributed by atoms with Crippen LogP contribution < -0.4 is 10.2 Å². The van der Waals surface area contributed by atoms with Crippen molar-refractivity contribution in [3.8, 4) is 0 Å². The highest BCUT2D eigenvalue weighted by Crippen LogP contribution is 2.17. The maximum absolute atomic E-state index is 5.37. The molecule has 5 nitrogen and oxygen atoms in total. The Morgan fingerprint density at radius 1 is 1.44 bits per heavy atom. The first-order valence-corrected chi connectivity index (χ1v) is 6.38. The Labute approximate surface area is 108 Å². The first-order chi connectivity index (χ1) is 8.92. The number of rotatable bonds is 6. The highest BCUT2D eigenvalue weighted by Gasteiger charge is 2.15. The highest BCUT2D eigenvalue weighted by atomic mass is 16.5. The Morgan fingerprint density at radius 3 is 3.06 bits per heavy atom. The lowest BCUT2D eigenvalue weighted by Gasteiger charge is -2.29. The topological polar surface area (TPSA) is 46.6 Å². The number of ether oxygens (including phenoxy) is 2. The number of anilines is 1. The van der Waals surface area contributed by atoms with Crippen LogP contribution in [0.4, 0.5) is 5.82 Å². The average Bonchev–Trinajstić information content (AvgIpc) is 2.45. The summed E-state index contributed by atoms with van der Waals surface area (Å²) in [7, 11) is 1.71. The van der Waals surface area contributed by atoms with E-state index in [1.807, 2.05) is 12.3 Å². The van der Waals surface area contributed by atoms with Gasteiger partial charge in [0.25, 0.3) is 0 Å². The van der Waals surface area contributed by atoms with Crippen molar-refractivity contribution in [3.05, 3.63) is 23.9 Å². The summed E-state index contributed by atoms with van der Waals surface area (Å²) >= 11 is 0. The minimum atomic E-state index is 0.729. The number of morpholine rings is 1. The maximum atomic E-state index is 5.37. The molecule has 0 radical (unpaired) electrons. The lowest BCUT2D eigenvalue weighted by atomic mass is 10.2. The van der Waals surface area contributed by atoms with E-state index in [0.717, 1.165) is 51.8 Å². The summed E-state index contributed by atoms with van der Waals surface area (Å²) in [5, 5.41) is 3.36. The Hall–Kier alpha value is -1.17. The van der Waals surface area contributed by atoms with Crippen molar-refractivity contribution < 1.29 is 9.47 Å². The van der Waals surface area contributed by atoms with Crippen LogP contribution in [0.3, 0.4) is 0 Å². The van der Waals surface area contributed by atoms with E-state index in [1.54, 1.807) is 7.11 Å². The van der Waals surface area contributed by atoms with Gasteiger partial charge < -0.3 is 19.7 Å². The van der Waals surface area contributed by atoms with Crippen LogP contribution in [0.25, 0.3) is 0 Å². The Bertz CT molecular complexity index is 354. The number of aromatic nitrogens is 1. The molecule has 18 heavy (non-hydrogen) atoms. The number of hydrogen-bond acceptors (Lipinski definition) is 5. The zero-order valence-electron chi connectivity index (χ0n) is 10.9. The molecule has 1 aromatic heterocycles. The minimum absolute atomic E-state index is 0.729. The molecule has 5 heteroatoms. The van der Waals surface area contributed by atoms with Gasteiger partial charge in [0.1, 0.15) is 5.82 Å². The number of pyridine rings is 1. The van der Waals surface area contributed by atoms with Gasteiger partial charge in [0, 0.05) is 45.0 Å². The lowest BCUT2D eigenvalue weighted by molar-refractivity contribution is 0.122. The second-order valence-corrected chi connectivity index (χ2v) is 4.26. The summed E-state index contributed by atoms with van der Waals surface area (Å²) in [6, 6.07) is 4.11. The first kappa shape index (κ1) is 13.3. The van der Waals surface area contributed by atoms with Gasteiger partial charge in [-0.3, -0.25) is 0 Å². The molecule has 2 rings (SSSR count). The zero-order valence-corrected chi connectivity index (χ0v) is 10.9. The molecule has 2 heterocycles. The number of nitrogens with zero attached hydrogens (tertiary/aromatic N) is 2. The van der Waals surface area contributed by atoms with Gasteiger partial charge in [0.05, 0.1) is 19.8 Å². The van der Waals surface area contributed by atoms with Gasteiger partial charge in [-0.1, -0.05) is 6.07 Å². The summed E-state index contributed by atoms with van der Waals surface area (Å²) in [6.07, 6.45) is 1.85.